The summed E-state index contributed by atoms with van der Waals surface area (Å²) in [5.41, 5.74) is 9.69. The number of nitrogens with one attached hydrogen (secondary N) is 5. The Morgan fingerprint density at radius 2 is 0.700 bits per heavy atom. The number of aromatic nitrogens is 6. The molecule has 6 amide bonds. The first-order valence-electron chi connectivity index (χ1n) is 49.0. The number of hydrogen-bond acceptors (Lipinski definition) is 27. The van der Waals surface area contributed by atoms with E-state index in [2.05, 4.69) is 40.9 Å². The Kier molecular flexibility index (Phi) is 39.3. The van der Waals surface area contributed by atoms with Crippen molar-refractivity contribution in [2.75, 3.05) is 248 Å². The summed E-state index contributed by atoms with van der Waals surface area (Å²) in [5.74, 6) is 1.45. The molecule has 15 aromatic rings. The Hall–Kier alpha value is -14.2. The summed E-state index contributed by atoms with van der Waals surface area (Å²) >= 11 is 19.1. The molecule has 0 bridgehead atoms. The minimum atomic E-state index is -0.338. The number of methoxy groups -OCH3 is 3. The number of alkyl halides is 3. The number of carbonyl (C=O) groups is 6. The lowest BCUT2D eigenvalue weighted by molar-refractivity contribution is 0.000164. The molecule has 0 fully saturated rings. The standard InChI is InChI=1S/3C37H39ClN4O8/c1-46-12-13-47-14-15-48-16-17-49-18-19-50-28-9-6-25(7-10-28)36(44)39-27-8-11-34-40-31(24-41(34)23-27)37(45)42-22-26(21-38)35-30-5-3-2-4-29(30)33(43)20-32(35)42;1-46-10-11-47-12-13-48-14-15-49-16-17-50-28-8-6-24(7-9-28)36(44)40-27-18-25-19-31(41-35(25)39-22-27)37(45)42-23-26(21-38)34-30-5-3-2-4-29(30)33(43)20-32(34)42;1-46-10-11-47-12-13-48-14-15-49-16-17-50-27-8-6-24(7-9-27)36(44)41-34-19-25-18-30(40-31(25)22-39-34)37(45)42-23-26(21-38)35-29-5-3-2-4-28(29)33(43)20-32(35)42/h2-11,20,23-24,26,43H,12-19,21-22H2,1H3,(H,39,44);2-9,18-20,22,26,43H,10-17,21,23H2,1H3,(H,39,41)(H,40,44);2-9,18-20,22,26,40,43H,10-17,21,23H2,1H3,(H,39,41,44)/t3*26-/m111/s1. The summed E-state index contributed by atoms with van der Waals surface area (Å²) in [4.78, 5) is 105. The highest BCUT2D eigenvalue weighted by Crippen LogP contribution is 2.50. The average Bonchev–Trinajstić information content (AvgIpc) is 1.59. The highest BCUT2D eigenvalue weighted by molar-refractivity contribution is 6.21. The molecule has 6 aromatic heterocycles. The SMILES string of the molecule is COCCOCCOCCOCCOc1ccc(C(=O)Nc2cc3cc(C(=O)N4C[C@@H](CCl)c5c4cc(O)c4ccccc54)[nH]c3cn2)cc1.COCCOCCOCCOCCOc1ccc(C(=O)Nc2ccc3nc(C(=O)N4C[C@@H](CCl)c5c4cc(O)c4ccccc54)cn3c2)cc1.COCCOCCOCCOCCOc1ccc(C(=O)Nc2cnc3[nH]c(C(=O)N4C[C@@H](CCl)c5c4cc(O)c4ccccc54)cc3c2)cc1. The van der Waals surface area contributed by atoms with Gasteiger partial charge in [-0.15, -0.1) is 34.8 Å². The number of aromatic hydroxyl groups is 3. The van der Waals surface area contributed by atoms with E-state index in [-0.39, 0.29) is 76.1 Å². The quantitative estimate of drug-likeness (QED) is 0.0130. The lowest BCUT2D eigenvalue weighted by Crippen LogP contribution is -2.30. The first kappa shape index (κ1) is 109. The Morgan fingerprint density at radius 1 is 0.353 bits per heavy atom. The third-order valence-electron chi connectivity index (χ3n) is 25.0. The number of nitrogens with zero attached hydrogens (tertiary/aromatic N) is 7. The van der Waals surface area contributed by atoms with Crippen LogP contribution in [-0.2, 0) is 56.8 Å². The van der Waals surface area contributed by atoms with Gasteiger partial charge in [0.1, 0.15) is 88.5 Å². The van der Waals surface area contributed by atoms with Crippen LogP contribution in [0, 0.1) is 0 Å². The minimum absolute atomic E-state index is 0.0812. The average molecular weight is 2110 g/mol. The van der Waals surface area contributed by atoms with Crippen LogP contribution < -0.4 is 44.9 Å². The molecule has 39 heteroatoms. The maximum absolute atomic E-state index is 13.8. The van der Waals surface area contributed by atoms with Gasteiger partial charge in [-0.2, -0.15) is 0 Å². The van der Waals surface area contributed by atoms with E-state index in [1.807, 2.05) is 72.8 Å². The van der Waals surface area contributed by atoms with Crippen molar-refractivity contribution in [3.8, 4) is 34.5 Å². The fourth-order valence-corrected chi connectivity index (χ4v) is 18.4. The molecule has 0 aliphatic carbocycles. The van der Waals surface area contributed by atoms with E-state index in [1.165, 1.54) is 6.20 Å². The summed E-state index contributed by atoms with van der Waals surface area (Å²) in [5, 5.41) is 47.0. The van der Waals surface area contributed by atoms with Gasteiger partial charge in [-0.1, -0.05) is 72.8 Å². The molecular formula is C111H117Cl3N12O24. The van der Waals surface area contributed by atoms with Crippen molar-refractivity contribution >= 4 is 164 Å². The number of pyridine rings is 3. The second-order valence-corrected chi connectivity index (χ2v) is 35.8. The van der Waals surface area contributed by atoms with E-state index >= 15 is 0 Å². The number of rotatable bonds is 51. The predicted molar refractivity (Wildman–Crippen MR) is 572 cm³/mol. The Balaban J connectivity index is 0.000000160. The van der Waals surface area contributed by atoms with Crippen LogP contribution >= 0.6 is 34.8 Å². The number of aromatic amines is 2. The molecule has 0 spiro atoms. The molecule has 0 unspecified atom stereocenters. The van der Waals surface area contributed by atoms with Crippen LogP contribution in [0.1, 0.15) is 97.0 Å². The van der Waals surface area contributed by atoms with Crippen LogP contribution in [0.25, 0.3) is 59.9 Å². The topological polar surface area (TPSA) is 422 Å². The normalized spacial score (nSPS) is 14.0. The predicted octanol–water partition coefficient (Wildman–Crippen LogP) is 17.0. The van der Waals surface area contributed by atoms with E-state index in [1.54, 1.807) is 186 Å². The highest BCUT2D eigenvalue weighted by Gasteiger charge is 2.40. The number of H-pyrrole nitrogens is 2. The zero-order chi connectivity index (χ0) is 105. The van der Waals surface area contributed by atoms with Gasteiger partial charge in [0, 0.05) is 151 Å². The van der Waals surface area contributed by atoms with E-state index in [4.69, 9.17) is 106 Å². The second kappa shape index (κ2) is 54.3. The van der Waals surface area contributed by atoms with E-state index in [9.17, 15) is 44.1 Å². The minimum Gasteiger partial charge on any atom is -0.507 e. The van der Waals surface area contributed by atoms with Gasteiger partial charge >= 0.3 is 0 Å². The number of carbonyl (C=O) groups excluding carboxylic acids is 6. The largest absolute Gasteiger partial charge is 0.507 e. The van der Waals surface area contributed by atoms with Crippen LogP contribution in [0.5, 0.6) is 34.5 Å². The first-order valence-corrected chi connectivity index (χ1v) is 50.6. The van der Waals surface area contributed by atoms with Gasteiger partial charge < -0.3 is 131 Å². The number of hydrogen-bond donors (Lipinski definition) is 8. The molecular weight excluding hydrogens is 1990 g/mol. The Bertz CT molecular complexity index is 6460. The highest BCUT2D eigenvalue weighted by atomic mass is 35.5. The fraction of sp³-hybridized carbons (Fsp3) is 0.324. The lowest BCUT2D eigenvalue weighted by atomic mass is 9.95. The fourth-order valence-electron chi connectivity index (χ4n) is 17.7. The molecule has 0 radical (unpaired) electrons. The van der Waals surface area contributed by atoms with Crippen molar-refractivity contribution in [3.05, 3.63) is 275 Å². The van der Waals surface area contributed by atoms with Crippen molar-refractivity contribution in [3.63, 3.8) is 0 Å². The van der Waals surface area contributed by atoms with Crippen molar-refractivity contribution in [1.82, 2.24) is 29.3 Å². The maximum atomic E-state index is 13.8. The third-order valence-corrected chi connectivity index (χ3v) is 26.1. The number of imidazole rings is 1. The number of benzene rings is 9. The van der Waals surface area contributed by atoms with Gasteiger partial charge in [-0.05, 0) is 142 Å². The molecule has 0 saturated carbocycles. The van der Waals surface area contributed by atoms with Crippen LogP contribution in [0.15, 0.2) is 225 Å². The van der Waals surface area contributed by atoms with Gasteiger partial charge in [0.05, 0.1) is 185 Å². The van der Waals surface area contributed by atoms with Crippen molar-refractivity contribution in [1.29, 1.82) is 0 Å². The third kappa shape index (κ3) is 27.7. The van der Waals surface area contributed by atoms with Crippen molar-refractivity contribution < 1.29 is 115 Å². The Morgan fingerprint density at radius 3 is 1.09 bits per heavy atom. The van der Waals surface area contributed by atoms with Gasteiger partial charge in [0.2, 0.25) is 0 Å². The first-order chi connectivity index (χ1) is 73.4. The number of amides is 6. The maximum Gasteiger partial charge on any atom is 0.278 e. The Labute approximate surface area is 879 Å². The smallest absolute Gasteiger partial charge is 0.278 e. The van der Waals surface area contributed by atoms with E-state index < -0.39 is 0 Å². The molecule has 150 heavy (non-hydrogen) atoms. The van der Waals surface area contributed by atoms with Crippen LogP contribution in [-0.4, -0.2) is 297 Å². The lowest BCUT2D eigenvalue weighted by Gasteiger charge is -2.17. The molecule has 786 valence electrons. The molecule has 8 N–H and O–H groups in total. The van der Waals surface area contributed by atoms with Gasteiger partial charge in [-0.25, -0.2) is 15.0 Å². The van der Waals surface area contributed by atoms with Crippen LogP contribution in [0.4, 0.5) is 34.3 Å². The van der Waals surface area contributed by atoms with Crippen molar-refractivity contribution in [2.24, 2.45) is 0 Å². The molecule has 3 atom stereocenters. The number of fused-ring (bicyclic) bond motifs is 12. The zero-order valence-corrected chi connectivity index (χ0v) is 85.3. The van der Waals surface area contributed by atoms with Crippen LogP contribution in [0.2, 0.25) is 0 Å². The number of phenols is 3. The summed E-state index contributed by atoms with van der Waals surface area (Å²) in [7, 11) is 4.89. The number of ether oxygens (including phenoxy) is 15. The number of phenolic OH excluding ortho intramolecular Hbond substituents is 3. The van der Waals surface area contributed by atoms with Gasteiger partial charge in [0.25, 0.3) is 35.4 Å². The summed E-state index contributed by atoms with van der Waals surface area (Å²) in [6, 6.07) is 58.3. The van der Waals surface area contributed by atoms with Crippen LogP contribution in [0.3, 0.4) is 0 Å². The van der Waals surface area contributed by atoms with E-state index in [0.29, 0.717) is 303 Å². The van der Waals surface area contributed by atoms with Gasteiger partial charge in [-0.3, -0.25) is 28.8 Å². The molecule has 9 heterocycles. The molecule has 9 aromatic carbocycles. The van der Waals surface area contributed by atoms with Gasteiger partial charge in [0.15, 0.2) is 0 Å². The second-order valence-electron chi connectivity index (χ2n) is 34.9. The number of halogens is 3. The number of anilines is 6. The van der Waals surface area contributed by atoms with E-state index in [0.717, 1.165) is 49.0 Å². The molecule has 36 nitrogen and oxygen atoms in total. The summed E-state index contributed by atoms with van der Waals surface area (Å²) < 4.78 is 82.4. The molecule has 3 aliphatic heterocycles. The molecule has 0 saturated heterocycles. The zero-order valence-electron chi connectivity index (χ0n) is 83.0. The molecule has 3 aliphatic rings. The summed E-state index contributed by atoms with van der Waals surface area (Å²) in [6.07, 6.45) is 6.44. The monoisotopic (exact) mass is 2110 g/mol. The summed E-state index contributed by atoms with van der Waals surface area (Å²) in [6.45, 7) is 12.6. The molecule has 18 rings (SSSR count). The van der Waals surface area contributed by atoms with Crippen molar-refractivity contribution in [2.45, 2.75) is 17.8 Å².